The van der Waals surface area contributed by atoms with Gasteiger partial charge in [0.1, 0.15) is 5.82 Å². The summed E-state index contributed by atoms with van der Waals surface area (Å²) in [5.41, 5.74) is 1.06. The van der Waals surface area contributed by atoms with E-state index in [-0.39, 0.29) is 5.91 Å². The third kappa shape index (κ3) is 2.43. The van der Waals surface area contributed by atoms with Crippen molar-refractivity contribution in [3.8, 4) is 11.4 Å². The Hall–Kier alpha value is -2.17. The lowest BCUT2D eigenvalue weighted by molar-refractivity contribution is -0.127. The topological polar surface area (TPSA) is 51.0 Å². The van der Waals surface area contributed by atoms with Crippen LogP contribution in [0.25, 0.3) is 11.4 Å². The largest absolute Gasteiger partial charge is 0.343 e. The summed E-state index contributed by atoms with van der Waals surface area (Å²) < 4.78 is 2.13. The monoisotopic (exact) mass is 270 g/mol. The molecule has 0 spiro atoms. The van der Waals surface area contributed by atoms with Crippen molar-refractivity contribution in [3.63, 3.8) is 0 Å². The lowest BCUT2D eigenvalue weighted by Gasteiger charge is -2.15. The molecule has 0 saturated carbocycles. The van der Waals surface area contributed by atoms with Gasteiger partial charge in [0.25, 0.3) is 0 Å². The normalized spacial score (nSPS) is 18.8. The number of amides is 1. The van der Waals surface area contributed by atoms with Crippen LogP contribution in [0.4, 0.5) is 0 Å². The molecule has 2 aromatic rings. The van der Waals surface area contributed by atoms with Crippen LogP contribution in [0.2, 0.25) is 0 Å². The van der Waals surface area contributed by atoms with E-state index in [9.17, 15) is 4.79 Å². The highest BCUT2D eigenvalue weighted by molar-refractivity contribution is 5.78. The fourth-order valence-electron chi connectivity index (χ4n) is 2.78. The zero-order valence-corrected chi connectivity index (χ0v) is 11.6. The first-order valence-electron chi connectivity index (χ1n) is 6.97. The van der Waals surface area contributed by atoms with E-state index in [0.717, 1.165) is 31.0 Å². The fourth-order valence-corrected chi connectivity index (χ4v) is 2.78. The summed E-state index contributed by atoms with van der Waals surface area (Å²) in [5.74, 6) is 1.58. The van der Waals surface area contributed by atoms with Gasteiger partial charge in [-0.05, 0) is 19.1 Å². The van der Waals surface area contributed by atoms with E-state index in [2.05, 4.69) is 14.5 Å². The first-order chi connectivity index (χ1) is 9.78. The zero-order valence-electron chi connectivity index (χ0n) is 11.6. The third-order valence-corrected chi connectivity index (χ3v) is 3.79. The van der Waals surface area contributed by atoms with Gasteiger partial charge in [0.15, 0.2) is 0 Å². The van der Waals surface area contributed by atoms with Crippen LogP contribution in [0.5, 0.6) is 0 Å². The Morgan fingerprint density at radius 2 is 2.10 bits per heavy atom. The molecule has 1 aliphatic heterocycles. The molecule has 0 aromatic carbocycles. The quantitative estimate of drug-likeness (QED) is 0.851. The zero-order chi connectivity index (χ0) is 13.9. The maximum atomic E-state index is 11.8. The van der Waals surface area contributed by atoms with Gasteiger partial charge < -0.3 is 9.47 Å². The maximum absolute atomic E-state index is 11.8. The fraction of sp³-hybridized carbons (Fsp3) is 0.400. The molecule has 5 heteroatoms. The number of carbonyl (C=O) groups excluding carboxylic acids is 1. The molecule has 0 unspecified atom stereocenters. The highest BCUT2D eigenvalue weighted by atomic mass is 16.2. The summed E-state index contributed by atoms with van der Waals surface area (Å²) >= 11 is 0. The number of rotatable bonds is 4. The first kappa shape index (κ1) is 12.8. The van der Waals surface area contributed by atoms with Crippen molar-refractivity contribution < 1.29 is 4.79 Å². The summed E-state index contributed by atoms with van der Waals surface area (Å²) in [7, 11) is 0. The second kappa shape index (κ2) is 5.45. The van der Waals surface area contributed by atoms with Gasteiger partial charge >= 0.3 is 0 Å². The molecule has 0 N–H and O–H groups in total. The molecule has 0 aliphatic carbocycles. The van der Waals surface area contributed by atoms with E-state index >= 15 is 0 Å². The van der Waals surface area contributed by atoms with Crippen LogP contribution in [0.3, 0.4) is 0 Å². The SMILES string of the molecule is CCN1C[C@@H](Cn2ccnc2-c2ccncc2)CC1=O. The highest BCUT2D eigenvalue weighted by Crippen LogP contribution is 2.22. The van der Waals surface area contributed by atoms with Crippen molar-refractivity contribution in [1.82, 2.24) is 19.4 Å². The molecule has 1 fully saturated rings. The predicted octanol–water partition coefficient (Wildman–Crippen LogP) is 1.81. The highest BCUT2D eigenvalue weighted by Gasteiger charge is 2.28. The van der Waals surface area contributed by atoms with Crippen LogP contribution in [0.15, 0.2) is 36.9 Å². The van der Waals surface area contributed by atoms with Gasteiger partial charge in [0, 0.05) is 62.3 Å². The van der Waals surface area contributed by atoms with Crippen molar-refractivity contribution in [1.29, 1.82) is 0 Å². The van der Waals surface area contributed by atoms with Gasteiger partial charge in [-0.1, -0.05) is 0 Å². The Morgan fingerprint density at radius 3 is 2.80 bits per heavy atom. The minimum atomic E-state index is 0.267. The standard InChI is InChI=1S/C15H18N4O/c1-2-18-10-12(9-14(18)20)11-19-8-7-17-15(19)13-3-5-16-6-4-13/h3-8,12H,2,9-11H2,1H3/t12-/m0/s1. The summed E-state index contributed by atoms with van der Waals surface area (Å²) in [6, 6.07) is 3.91. The third-order valence-electron chi connectivity index (χ3n) is 3.79. The van der Waals surface area contributed by atoms with Crippen molar-refractivity contribution in [2.24, 2.45) is 5.92 Å². The minimum absolute atomic E-state index is 0.267. The molecule has 3 rings (SSSR count). The number of hydrogen-bond donors (Lipinski definition) is 0. The molecular formula is C15H18N4O. The van der Waals surface area contributed by atoms with Crippen molar-refractivity contribution >= 4 is 5.91 Å². The van der Waals surface area contributed by atoms with E-state index < -0.39 is 0 Å². The van der Waals surface area contributed by atoms with Crippen LogP contribution in [0, 0.1) is 5.92 Å². The summed E-state index contributed by atoms with van der Waals surface area (Å²) in [4.78, 5) is 22.2. The molecule has 1 atom stereocenters. The number of nitrogens with zero attached hydrogens (tertiary/aromatic N) is 4. The lowest BCUT2D eigenvalue weighted by Crippen LogP contribution is -2.25. The van der Waals surface area contributed by atoms with E-state index in [1.807, 2.05) is 36.4 Å². The summed E-state index contributed by atoms with van der Waals surface area (Å²) in [5, 5.41) is 0. The van der Waals surface area contributed by atoms with Gasteiger partial charge in [-0.2, -0.15) is 0 Å². The molecule has 1 aliphatic rings. The smallest absolute Gasteiger partial charge is 0.222 e. The second-order valence-electron chi connectivity index (χ2n) is 5.14. The second-order valence-corrected chi connectivity index (χ2v) is 5.14. The predicted molar refractivity (Wildman–Crippen MR) is 75.8 cm³/mol. The van der Waals surface area contributed by atoms with Crippen LogP contribution in [-0.2, 0) is 11.3 Å². The van der Waals surface area contributed by atoms with E-state index in [4.69, 9.17) is 0 Å². The number of likely N-dealkylation sites (tertiary alicyclic amines) is 1. The molecule has 1 amide bonds. The first-order valence-corrected chi connectivity index (χ1v) is 6.97. The van der Waals surface area contributed by atoms with E-state index in [1.165, 1.54) is 0 Å². The van der Waals surface area contributed by atoms with Gasteiger partial charge in [0.2, 0.25) is 5.91 Å². The molecule has 0 bridgehead atoms. The van der Waals surface area contributed by atoms with E-state index in [0.29, 0.717) is 12.3 Å². The number of imidazole rings is 1. The van der Waals surface area contributed by atoms with Crippen molar-refractivity contribution in [2.45, 2.75) is 19.9 Å². The number of carbonyl (C=O) groups is 1. The van der Waals surface area contributed by atoms with Crippen LogP contribution in [0.1, 0.15) is 13.3 Å². The van der Waals surface area contributed by atoms with Crippen LogP contribution >= 0.6 is 0 Å². The molecule has 104 valence electrons. The molecule has 3 heterocycles. The van der Waals surface area contributed by atoms with Crippen molar-refractivity contribution in [2.75, 3.05) is 13.1 Å². The minimum Gasteiger partial charge on any atom is -0.343 e. The Balaban J connectivity index is 1.77. The number of pyridine rings is 1. The lowest BCUT2D eigenvalue weighted by atomic mass is 10.1. The molecule has 1 saturated heterocycles. The average molecular weight is 270 g/mol. The Kier molecular flexibility index (Phi) is 3.50. The van der Waals surface area contributed by atoms with Gasteiger partial charge in [-0.3, -0.25) is 9.78 Å². The van der Waals surface area contributed by atoms with Crippen LogP contribution < -0.4 is 0 Å². The van der Waals surface area contributed by atoms with Crippen LogP contribution in [-0.4, -0.2) is 38.4 Å². The summed E-state index contributed by atoms with van der Waals surface area (Å²) in [6.07, 6.45) is 7.97. The Bertz CT molecular complexity index is 593. The number of aromatic nitrogens is 3. The Morgan fingerprint density at radius 1 is 1.30 bits per heavy atom. The molecule has 0 radical (unpaired) electrons. The van der Waals surface area contributed by atoms with Crippen molar-refractivity contribution in [3.05, 3.63) is 36.9 Å². The maximum Gasteiger partial charge on any atom is 0.222 e. The Labute approximate surface area is 118 Å². The van der Waals surface area contributed by atoms with E-state index in [1.54, 1.807) is 12.4 Å². The summed E-state index contributed by atoms with van der Waals surface area (Å²) in [6.45, 7) is 4.51. The van der Waals surface area contributed by atoms with Gasteiger partial charge in [-0.15, -0.1) is 0 Å². The average Bonchev–Trinajstić information content (AvgIpc) is 3.06. The van der Waals surface area contributed by atoms with Gasteiger partial charge in [-0.25, -0.2) is 4.98 Å². The molecule has 20 heavy (non-hydrogen) atoms. The number of hydrogen-bond acceptors (Lipinski definition) is 3. The molecular weight excluding hydrogens is 252 g/mol. The van der Waals surface area contributed by atoms with Gasteiger partial charge in [0.05, 0.1) is 0 Å². The molecule has 5 nitrogen and oxygen atoms in total. The molecule has 2 aromatic heterocycles.